The molecule has 0 amide bonds. The summed E-state index contributed by atoms with van der Waals surface area (Å²) in [4.78, 5) is 0. The highest BCUT2D eigenvalue weighted by Gasteiger charge is 2.26. The molecule has 1 fully saturated rings. The van der Waals surface area contributed by atoms with E-state index in [1.807, 2.05) is 36.4 Å². The predicted octanol–water partition coefficient (Wildman–Crippen LogP) is 9.97. The fourth-order valence-corrected chi connectivity index (χ4v) is 5.73. The number of hydrogen-bond acceptors (Lipinski definition) is 0. The summed E-state index contributed by atoms with van der Waals surface area (Å²) in [5, 5.41) is 0. The third kappa shape index (κ3) is 6.41. The molecule has 0 heterocycles. The van der Waals surface area contributed by atoms with Crippen molar-refractivity contribution < 1.29 is 13.2 Å². The van der Waals surface area contributed by atoms with Crippen molar-refractivity contribution in [3.63, 3.8) is 0 Å². The first kappa shape index (κ1) is 26.5. The minimum atomic E-state index is -0.741. The summed E-state index contributed by atoms with van der Waals surface area (Å²) in [5.41, 5.74) is 4.39. The first-order valence-electron chi connectivity index (χ1n) is 13.8. The lowest BCUT2D eigenvalue weighted by Crippen LogP contribution is -2.14. The predicted molar refractivity (Wildman–Crippen MR) is 144 cm³/mol. The van der Waals surface area contributed by atoms with Gasteiger partial charge in [0.25, 0.3) is 0 Å². The second kappa shape index (κ2) is 12.6. The molecule has 1 saturated carbocycles. The van der Waals surface area contributed by atoms with Crippen LogP contribution in [0.4, 0.5) is 13.2 Å². The largest absolute Gasteiger partial charge is 0.207 e. The van der Waals surface area contributed by atoms with Crippen LogP contribution in [0.3, 0.4) is 0 Å². The molecule has 4 rings (SSSR count). The summed E-state index contributed by atoms with van der Waals surface area (Å²) < 4.78 is 44.5. The monoisotopic (exact) mass is 492 g/mol. The van der Waals surface area contributed by atoms with Crippen molar-refractivity contribution in [2.75, 3.05) is 0 Å². The molecule has 0 aromatic heterocycles. The quantitative estimate of drug-likeness (QED) is 0.264. The Balaban J connectivity index is 1.39. The van der Waals surface area contributed by atoms with Gasteiger partial charge in [0.2, 0.25) is 0 Å². The molecule has 1 aliphatic carbocycles. The van der Waals surface area contributed by atoms with Crippen LogP contribution in [0, 0.1) is 23.4 Å². The van der Waals surface area contributed by atoms with Gasteiger partial charge in [0.05, 0.1) is 0 Å². The maximum Gasteiger partial charge on any atom is 0.166 e. The molecule has 0 spiro atoms. The van der Waals surface area contributed by atoms with Crippen LogP contribution in [-0.2, 0) is 19.3 Å². The van der Waals surface area contributed by atoms with Gasteiger partial charge in [-0.25, -0.2) is 13.2 Å². The highest BCUT2D eigenvalue weighted by molar-refractivity contribution is 5.65. The molecule has 0 nitrogen and oxygen atoms in total. The minimum Gasteiger partial charge on any atom is -0.207 e. The summed E-state index contributed by atoms with van der Waals surface area (Å²) in [6.45, 7) is 4.32. The van der Waals surface area contributed by atoms with E-state index < -0.39 is 11.6 Å². The molecule has 192 valence electrons. The van der Waals surface area contributed by atoms with Crippen LogP contribution in [0.1, 0.15) is 93.4 Å². The van der Waals surface area contributed by atoms with E-state index in [9.17, 15) is 4.39 Å². The lowest BCUT2D eigenvalue weighted by Gasteiger charge is -2.29. The fraction of sp³-hybridized carbons (Fsp3) is 0.455. The Hall–Kier alpha value is -2.55. The number of unbranched alkanes of at least 4 members (excludes halogenated alkanes) is 1. The number of rotatable bonds is 10. The SMILES string of the molecule is CCCCc1ccc(CCc2ccc(-c3ccc(C4CCC(CCC)CC4)c(F)c3F)cc2)cc1F. The average Bonchev–Trinajstić information content (AvgIpc) is 2.90. The molecule has 0 unspecified atom stereocenters. The summed E-state index contributed by atoms with van der Waals surface area (Å²) in [6, 6.07) is 16.7. The van der Waals surface area contributed by atoms with Crippen molar-refractivity contribution in [1.29, 1.82) is 0 Å². The van der Waals surface area contributed by atoms with E-state index in [4.69, 9.17) is 0 Å². The van der Waals surface area contributed by atoms with Crippen LogP contribution < -0.4 is 0 Å². The van der Waals surface area contributed by atoms with Crippen molar-refractivity contribution in [1.82, 2.24) is 0 Å². The lowest BCUT2D eigenvalue weighted by atomic mass is 9.77. The Kier molecular flexibility index (Phi) is 9.29. The number of aryl methyl sites for hydroxylation is 3. The number of benzene rings is 3. The maximum absolute atomic E-state index is 15.1. The molecule has 0 N–H and O–H groups in total. The summed E-state index contributed by atoms with van der Waals surface area (Å²) >= 11 is 0. The Labute approximate surface area is 215 Å². The van der Waals surface area contributed by atoms with Crippen molar-refractivity contribution in [2.45, 2.75) is 90.4 Å². The summed E-state index contributed by atoms with van der Waals surface area (Å²) in [6.07, 6.45) is 10.9. The highest BCUT2D eigenvalue weighted by Crippen LogP contribution is 2.40. The third-order valence-corrected chi connectivity index (χ3v) is 7.98. The molecule has 0 atom stereocenters. The van der Waals surface area contributed by atoms with Gasteiger partial charge in [-0.05, 0) is 97.1 Å². The zero-order valence-electron chi connectivity index (χ0n) is 21.8. The van der Waals surface area contributed by atoms with Gasteiger partial charge in [-0.1, -0.05) is 81.6 Å². The molecule has 0 bridgehead atoms. The van der Waals surface area contributed by atoms with E-state index in [0.29, 0.717) is 16.7 Å². The Morgan fingerprint density at radius 1 is 0.694 bits per heavy atom. The van der Waals surface area contributed by atoms with Crippen molar-refractivity contribution in [2.24, 2.45) is 5.92 Å². The van der Waals surface area contributed by atoms with Gasteiger partial charge < -0.3 is 0 Å². The van der Waals surface area contributed by atoms with Crippen molar-refractivity contribution >= 4 is 0 Å². The van der Waals surface area contributed by atoms with Gasteiger partial charge in [-0.3, -0.25) is 0 Å². The van der Waals surface area contributed by atoms with E-state index in [-0.39, 0.29) is 11.7 Å². The molecule has 0 saturated heterocycles. The Bertz CT molecular complexity index is 1120. The normalized spacial score (nSPS) is 17.9. The molecule has 1 aliphatic rings. The average molecular weight is 493 g/mol. The second-order valence-electron chi connectivity index (χ2n) is 10.6. The van der Waals surface area contributed by atoms with E-state index in [1.54, 1.807) is 18.2 Å². The van der Waals surface area contributed by atoms with Crippen LogP contribution in [0.15, 0.2) is 54.6 Å². The minimum absolute atomic E-state index is 0.119. The topological polar surface area (TPSA) is 0 Å². The molecule has 3 aromatic carbocycles. The van der Waals surface area contributed by atoms with Crippen molar-refractivity contribution in [3.8, 4) is 11.1 Å². The van der Waals surface area contributed by atoms with Crippen molar-refractivity contribution in [3.05, 3.63) is 94.3 Å². The molecule has 0 radical (unpaired) electrons. The van der Waals surface area contributed by atoms with E-state index >= 15 is 8.78 Å². The molecule has 3 heteroatoms. The van der Waals surface area contributed by atoms with Crippen LogP contribution in [-0.4, -0.2) is 0 Å². The molecule has 3 aromatic rings. The first-order chi connectivity index (χ1) is 17.5. The number of hydrogen-bond donors (Lipinski definition) is 0. The summed E-state index contributed by atoms with van der Waals surface area (Å²) in [5.74, 6) is -0.684. The second-order valence-corrected chi connectivity index (χ2v) is 10.6. The van der Waals surface area contributed by atoms with Gasteiger partial charge in [0.15, 0.2) is 11.6 Å². The number of halogens is 3. The molecular weight excluding hydrogens is 453 g/mol. The van der Waals surface area contributed by atoms with Crippen LogP contribution >= 0.6 is 0 Å². The van der Waals surface area contributed by atoms with Crippen LogP contribution in [0.25, 0.3) is 11.1 Å². The van der Waals surface area contributed by atoms with E-state index in [2.05, 4.69) is 13.8 Å². The highest BCUT2D eigenvalue weighted by atomic mass is 19.2. The zero-order valence-corrected chi connectivity index (χ0v) is 21.8. The molecule has 36 heavy (non-hydrogen) atoms. The fourth-order valence-electron chi connectivity index (χ4n) is 5.73. The van der Waals surface area contributed by atoms with Gasteiger partial charge in [0.1, 0.15) is 5.82 Å². The van der Waals surface area contributed by atoms with Gasteiger partial charge in [-0.2, -0.15) is 0 Å². The lowest BCUT2D eigenvalue weighted by molar-refractivity contribution is 0.303. The Morgan fingerprint density at radius 3 is 2.06 bits per heavy atom. The third-order valence-electron chi connectivity index (χ3n) is 7.98. The van der Waals surface area contributed by atoms with E-state index in [0.717, 1.165) is 80.4 Å². The van der Waals surface area contributed by atoms with Gasteiger partial charge >= 0.3 is 0 Å². The van der Waals surface area contributed by atoms with Gasteiger partial charge in [-0.15, -0.1) is 0 Å². The smallest absolute Gasteiger partial charge is 0.166 e. The molecular formula is C33H39F3. The van der Waals surface area contributed by atoms with Gasteiger partial charge in [0, 0.05) is 5.56 Å². The van der Waals surface area contributed by atoms with Crippen LogP contribution in [0.5, 0.6) is 0 Å². The first-order valence-corrected chi connectivity index (χ1v) is 13.8. The summed E-state index contributed by atoms with van der Waals surface area (Å²) in [7, 11) is 0. The zero-order chi connectivity index (χ0) is 25.5. The van der Waals surface area contributed by atoms with E-state index in [1.165, 1.54) is 12.8 Å². The maximum atomic E-state index is 15.1. The Morgan fingerprint density at radius 2 is 1.39 bits per heavy atom. The molecule has 0 aliphatic heterocycles. The standard InChI is InChI=1S/C33H39F3/c1-3-5-7-28-19-14-25(22-31(28)34)9-8-24-12-17-27(18-13-24)30-21-20-29(32(35)33(30)36)26-15-10-23(6-4-2)11-16-26/h12-14,17-23,26H,3-11,15-16H2,1-2H3. The van der Waals surface area contributed by atoms with Crippen LogP contribution in [0.2, 0.25) is 0 Å².